The summed E-state index contributed by atoms with van der Waals surface area (Å²) in [6.07, 6.45) is 0. The van der Waals surface area contributed by atoms with Gasteiger partial charge < -0.3 is 4.43 Å². The van der Waals surface area contributed by atoms with Crippen molar-refractivity contribution in [3.8, 4) is 11.8 Å². The summed E-state index contributed by atoms with van der Waals surface area (Å²) in [6.45, 7) is 7.04. The lowest BCUT2D eigenvalue weighted by Crippen LogP contribution is -2.25. The van der Waals surface area contributed by atoms with Crippen LogP contribution in [0.15, 0.2) is 30.3 Å². The maximum atomic E-state index is 5.62. The summed E-state index contributed by atoms with van der Waals surface area (Å²) in [7, 11) is -1.40. The Morgan fingerprint density at radius 3 is 2.36 bits per heavy atom. The zero-order valence-electron chi connectivity index (χ0n) is 9.00. The predicted molar refractivity (Wildman–Crippen MR) is 62.6 cm³/mol. The molecule has 0 spiro atoms. The Morgan fingerprint density at radius 1 is 1.14 bits per heavy atom. The highest BCUT2D eigenvalue weighted by Crippen LogP contribution is 2.01. The van der Waals surface area contributed by atoms with Crippen molar-refractivity contribution in [1.82, 2.24) is 0 Å². The summed E-state index contributed by atoms with van der Waals surface area (Å²) in [5.41, 5.74) is 1.05. The van der Waals surface area contributed by atoms with Gasteiger partial charge >= 0.3 is 0 Å². The number of hydrogen-bond donors (Lipinski definition) is 0. The first-order valence-corrected chi connectivity index (χ1v) is 8.17. The highest BCUT2D eigenvalue weighted by Gasteiger charge is 2.12. The minimum Gasteiger partial charge on any atom is -0.407 e. The van der Waals surface area contributed by atoms with Crippen LogP contribution in [0.25, 0.3) is 0 Å². The lowest BCUT2D eigenvalue weighted by molar-refractivity contribution is 0.365. The van der Waals surface area contributed by atoms with Crippen LogP contribution in [-0.2, 0) is 4.43 Å². The SMILES string of the molecule is C[Si](C)(C)OCC#Cc1ccccc1. The Hall–Kier alpha value is -1.04. The monoisotopic (exact) mass is 204 g/mol. The van der Waals surface area contributed by atoms with Gasteiger partial charge in [-0.3, -0.25) is 0 Å². The van der Waals surface area contributed by atoms with E-state index < -0.39 is 8.32 Å². The van der Waals surface area contributed by atoms with Crippen molar-refractivity contribution < 1.29 is 4.43 Å². The van der Waals surface area contributed by atoms with Crippen LogP contribution >= 0.6 is 0 Å². The average Bonchev–Trinajstić information content (AvgIpc) is 2.13. The molecule has 0 atom stereocenters. The lowest BCUT2D eigenvalue weighted by Gasteiger charge is -2.13. The molecule has 1 nitrogen and oxygen atoms in total. The molecule has 0 fully saturated rings. The van der Waals surface area contributed by atoms with E-state index in [1.54, 1.807) is 0 Å². The molecule has 14 heavy (non-hydrogen) atoms. The smallest absolute Gasteiger partial charge is 0.185 e. The van der Waals surface area contributed by atoms with E-state index in [2.05, 4.69) is 31.5 Å². The molecule has 0 aromatic heterocycles. The topological polar surface area (TPSA) is 9.23 Å². The van der Waals surface area contributed by atoms with Crippen LogP contribution in [-0.4, -0.2) is 14.9 Å². The molecule has 0 radical (unpaired) electrons. The summed E-state index contributed by atoms with van der Waals surface area (Å²) >= 11 is 0. The number of rotatable bonds is 2. The third kappa shape index (κ3) is 4.86. The van der Waals surface area contributed by atoms with Gasteiger partial charge in [0.25, 0.3) is 0 Å². The van der Waals surface area contributed by atoms with Crippen molar-refractivity contribution in [1.29, 1.82) is 0 Å². The Morgan fingerprint density at radius 2 is 1.79 bits per heavy atom. The maximum Gasteiger partial charge on any atom is 0.185 e. The van der Waals surface area contributed by atoms with Gasteiger partial charge in [-0.1, -0.05) is 30.0 Å². The molecule has 0 saturated carbocycles. The third-order valence-corrected chi connectivity index (χ3v) is 2.59. The second-order valence-corrected chi connectivity index (χ2v) is 8.58. The van der Waals surface area contributed by atoms with Crippen molar-refractivity contribution in [3.63, 3.8) is 0 Å². The molecule has 0 aliphatic rings. The minimum atomic E-state index is -1.40. The van der Waals surface area contributed by atoms with Crippen LogP contribution in [0, 0.1) is 11.8 Å². The zero-order valence-corrected chi connectivity index (χ0v) is 10.0. The molecule has 1 aromatic rings. The quantitative estimate of drug-likeness (QED) is 0.531. The van der Waals surface area contributed by atoms with E-state index in [9.17, 15) is 0 Å². The van der Waals surface area contributed by atoms with E-state index in [0.717, 1.165) is 5.56 Å². The highest BCUT2D eigenvalue weighted by atomic mass is 28.4. The van der Waals surface area contributed by atoms with Gasteiger partial charge in [-0.05, 0) is 31.8 Å². The van der Waals surface area contributed by atoms with E-state index in [1.807, 2.05) is 30.3 Å². The fourth-order valence-electron chi connectivity index (χ4n) is 0.912. The first kappa shape index (κ1) is 11.0. The third-order valence-electron chi connectivity index (χ3n) is 1.58. The van der Waals surface area contributed by atoms with Crippen LogP contribution in [0.1, 0.15) is 5.56 Å². The van der Waals surface area contributed by atoms with E-state index >= 15 is 0 Å². The summed E-state index contributed by atoms with van der Waals surface area (Å²) in [4.78, 5) is 0. The summed E-state index contributed by atoms with van der Waals surface area (Å²) in [5, 5.41) is 0. The molecular formula is C12H16OSi. The lowest BCUT2D eigenvalue weighted by atomic mass is 10.2. The van der Waals surface area contributed by atoms with Gasteiger partial charge in [0.1, 0.15) is 0 Å². The average molecular weight is 204 g/mol. The summed E-state index contributed by atoms with van der Waals surface area (Å²) < 4.78 is 5.62. The molecule has 0 bridgehead atoms. The van der Waals surface area contributed by atoms with Gasteiger partial charge in [-0.25, -0.2) is 0 Å². The Bertz CT molecular complexity index is 327. The van der Waals surface area contributed by atoms with E-state index in [-0.39, 0.29) is 0 Å². The van der Waals surface area contributed by atoms with E-state index in [1.165, 1.54) is 0 Å². The van der Waals surface area contributed by atoms with Crippen LogP contribution < -0.4 is 0 Å². The molecule has 2 heteroatoms. The first-order chi connectivity index (χ1) is 6.58. The molecule has 0 heterocycles. The number of benzene rings is 1. The molecule has 0 N–H and O–H groups in total. The van der Waals surface area contributed by atoms with Crippen molar-refractivity contribution in [2.24, 2.45) is 0 Å². The predicted octanol–water partition coefficient (Wildman–Crippen LogP) is 2.89. The van der Waals surface area contributed by atoms with Crippen LogP contribution in [0.2, 0.25) is 19.6 Å². The molecule has 0 unspecified atom stereocenters. The zero-order chi connectivity index (χ0) is 10.4. The molecule has 0 aliphatic carbocycles. The van der Waals surface area contributed by atoms with Crippen molar-refractivity contribution in [3.05, 3.63) is 35.9 Å². The number of hydrogen-bond acceptors (Lipinski definition) is 1. The van der Waals surface area contributed by atoms with Crippen LogP contribution in [0.4, 0.5) is 0 Å². The van der Waals surface area contributed by atoms with Gasteiger partial charge in [-0.2, -0.15) is 0 Å². The van der Waals surface area contributed by atoms with Gasteiger partial charge in [-0.15, -0.1) is 0 Å². The van der Waals surface area contributed by atoms with Gasteiger partial charge in [0.05, 0.1) is 6.61 Å². The summed E-state index contributed by atoms with van der Waals surface area (Å²) in [5.74, 6) is 6.09. The Kier molecular flexibility index (Phi) is 3.93. The Labute approximate surface area is 87.2 Å². The fourth-order valence-corrected chi connectivity index (χ4v) is 1.42. The first-order valence-electron chi connectivity index (χ1n) is 4.76. The Balaban J connectivity index is 2.42. The highest BCUT2D eigenvalue weighted by molar-refractivity contribution is 6.69. The van der Waals surface area contributed by atoms with Crippen LogP contribution in [0.5, 0.6) is 0 Å². The molecule has 0 amide bonds. The standard InChI is InChI=1S/C12H16OSi/c1-14(2,3)13-11-7-10-12-8-5-4-6-9-12/h4-6,8-9H,11H2,1-3H3. The normalized spacial score (nSPS) is 10.5. The van der Waals surface area contributed by atoms with Gasteiger partial charge in [0, 0.05) is 5.56 Å². The second-order valence-electron chi connectivity index (χ2n) is 4.07. The van der Waals surface area contributed by atoms with E-state index in [0.29, 0.717) is 6.61 Å². The van der Waals surface area contributed by atoms with Crippen molar-refractivity contribution in [2.75, 3.05) is 6.61 Å². The maximum absolute atomic E-state index is 5.62. The van der Waals surface area contributed by atoms with Crippen LogP contribution in [0.3, 0.4) is 0 Å². The van der Waals surface area contributed by atoms with Crippen molar-refractivity contribution in [2.45, 2.75) is 19.6 Å². The largest absolute Gasteiger partial charge is 0.407 e. The molecule has 1 aromatic carbocycles. The fraction of sp³-hybridized carbons (Fsp3) is 0.333. The summed E-state index contributed by atoms with van der Waals surface area (Å²) in [6, 6.07) is 9.97. The molecular weight excluding hydrogens is 188 g/mol. The van der Waals surface area contributed by atoms with Crippen molar-refractivity contribution >= 4 is 8.32 Å². The van der Waals surface area contributed by atoms with Gasteiger partial charge in [0.15, 0.2) is 8.32 Å². The second kappa shape index (κ2) is 4.99. The molecule has 74 valence electrons. The molecule has 0 saturated heterocycles. The molecule has 0 aliphatic heterocycles. The molecule has 1 rings (SSSR count). The van der Waals surface area contributed by atoms with E-state index in [4.69, 9.17) is 4.43 Å². The van der Waals surface area contributed by atoms with Gasteiger partial charge in [0.2, 0.25) is 0 Å². The minimum absolute atomic E-state index is 0.546.